The van der Waals surface area contributed by atoms with Gasteiger partial charge in [0.2, 0.25) is 5.91 Å². The van der Waals surface area contributed by atoms with Crippen LogP contribution in [0, 0.1) is 19.7 Å². The highest BCUT2D eigenvalue weighted by atomic mass is 32.2. The fourth-order valence-corrected chi connectivity index (χ4v) is 4.64. The molecule has 0 radical (unpaired) electrons. The van der Waals surface area contributed by atoms with Gasteiger partial charge in [-0.3, -0.25) is 9.59 Å². The zero-order valence-corrected chi connectivity index (χ0v) is 19.4. The number of amides is 2. The second-order valence-corrected chi connectivity index (χ2v) is 9.53. The summed E-state index contributed by atoms with van der Waals surface area (Å²) >= 11 is 0. The average Bonchev–Trinajstić information content (AvgIpc) is 3.36. The Bertz CT molecular complexity index is 1510. The van der Waals surface area contributed by atoms with Crippen molar-refractivity contribution in [2.24, 2.45) is 0 Å². The second-order valence-electron chi connectivity index (χ2n) is 7.85. The van der Waals surface area contributed by atoms with Gasteiger partial charge in [-0.25, -0.2) is 17.5 Å². The summed E-state index contributed by atoms with van der Waals surface area (Å²) in [5.74, 6) is -0.721. The van der Waals surface area contributed by atoms with Crippen LogP contribution in [-0.4, -0.2) is 24.8 Å². The van der Waals surface area contributed by atoms with E-state index in [9.17, 15) is 22.4 Å². The number of hydrogen-bond donors (Lipinski definition) is 2. The normalized spacial score (nSPS) is 12.5. The predicted octanol–water partition coefficient (Wildman–Crippen LogP) is 4.80. The molecule has 180 valence electrons. The van der Waals surface area contributed by atoms with Crippen LogP contribution in [0.25, 0.3) is 10.9 Å². The molecule has 2 amide bonds. The SMILES string of the molecule is Cc1cc(C(=O)NS(=O)(=O)c2ccc(NC(=O)[C@@H](C)n3ccc4c(F)cccc43)cc2)c(C)o1.[HH].[HH]. The van der Waals surface area contributed by atoms with E-state index in [0.717, 1.165) is 0 Å². The van der Waals surface area contributed by atoms with Crippen LogP contribution in [0.15, 0.2) is 70.1 Å². The summed E-state index contributed by atoms with van der Waals surface area (Å²) in [6, 6.07) is 12.5. The Hall–Kier alpha value is -3.92. The summed E-state index contributed by atoms with van der Waals surface area (Å²) in [7, 11) is -4.13. The van der Waals surface area contributed by atoms with Gasteiger partial charge in [0.15, 0.2) is 0 Å². The molecule has 0 bridgehead atoms. The van der Waals surface area contributed by atoms with Gasteiger partial charge in [0.25, 0.3) is 15.9 Å². The summed E-state index contributed by atoms with van der Waals surface area (Å²) in [6.07, 6.45) is 1.64. The van der Waals surface area contributed by atoms with Crippen molar-refractivity contribution in [3.63, 3.8) is 0 Å². The first kappa shape index (κ1) is 23.2. The zero-order valence-electron chi connectivity index (χ0n) is 18.6. The van der Waals surface area contributed by atoms with Crippen molar-refractivity contribution < 1.29 is 29.7 Å². The molecule has 0 unspecified atom stereocenters. The summed E-state index contributed by atoms with van der Waals surface area (Å²) in [4.78, 5) is 25.0. The number of hydrogen-bond acceptors (Lipinski definition) is 5. The number of rotatable bonds is 6. The number of fused-ring (bicyclic) bond motifs is 1. The van der Waals surface area contributed by atoms with Gasteiger partial charge in [-0.2, -0.15) is 0 Å². The van der Waals surface area contributed by atoms with Crippen molar-refractivity contribution in [1.82, 2.24) is 9.29 Å². The Kier molecular flexibility index (Phi) is 6.01. The van der Waals surface area contributed by atoms with Gasteiger partial charge in [-0.05, 0) is 69.3 Å². The van der Waals surface area contributed by atoms with Crippen LogP contribution in [0.4, 0.5) is 10.1 Å². The molecule has 8 nitrogen and oxygen atoms in total. The molecular formula is C24H26FN3O5S. The minimum absolute atomic E-state index is 0. The largest absolute Gasteiger partial charge is 0.466 e. The topological polar surface area (TPSA) is 110 Å². The van der Waals surface area contributed by atoms with Gasteiger partial charge >= 0.3 is 0 Å². The lowest BCUT2D eigenvalue weighted by atomic mass is 10.2. The molecule has 10 heteroatoms. The number of furan rings is 1. The van der Waals surface area contributed by atoms with Crippen LogP contribution in [0.2, 0.25) is 0 Å². The van der Waals surface area contributed by atoms with Crippen molar-refractivity contribution in [1.29, 1.82) is 0 Å². The maximum absolute atomic E-state index is 13.9. The molecule has 2 N–H and O–H groups in total. The van der Waals surface area contributed by atoms with E-state index in [1.54, 1.807) is 49.7 Å². The molecule has 0 aliphatic heterocycles. The van der Waals surface area contributed by atoms with E-state index >= 15 is 0 Å². The van der Waals surface area contributed by atoms with Crippen molar-refractivity contribution in [2.75, 3.05) is 5.32 Å². The molecular weight excluding hydrogens is 461 g/mol. The molecule has 0 saturated carbocycles. The van der Waals surface area contributed by atoms with Crippen LogP contribution >= 0.6 is 0 Å². The van der Waals surface area contributed by atoms with Gasteiger partial charge in [0.05, 0.1) is 16.0 Å². The van der Waals surface area contributed by atoms with Crippen LogP contribution in [0.1, 0.15) is 37.7 Å². The van der Waals surface area contributed by atoms with E-state index in [1.807, 2.05) is 4.72 Å². The van der Waals surface area contributed by atoms with E-state index < -0.39 is 22.0 Å². The smallest absolute Gasteiger partial charge is 0.268 e. The standard InChI is InChI=1S/C24H22FN3O5S.2H2/c1-14-13-20(16(3)33-14)24(30)27-34(31,32)18-9-7-17(8-10-18)26-23(29)15(2)28-12-11-19-21(25)5-4-6-22(19)28;;/h4-13,15H,1-3H3,(H,26,29)(H,27,30);2*1H/t15-;;/m1../s1. The zero-order chi connectivity index (χ0) is 24.6. The molecule has 1 atom stereocenters. The van der Waals surface area contributed by atoms with Crippen molar-refractivity contribution in [3.05, 3.63) is 83.7 Å². The lowest BCUT2D eigenvalue weighted by Gasteiger charge is -2.16. The highest BCUT2D eigenvalue weighted by Gasteiger charge is 2.22. The Morgan fingerprint density at radius 3 is 2.44 bits per heavy atom. The van der Waals surface area contributed by atoms with Crippen LogP contribution in [0.5, 0.6) is 0 Å². The number of nitrogens with zero attached hydrogens (tertiary/aromatic N) is 1. The van der Waals surface area contributed by atoms with Gasteiger partial charge in [0, 0.05) is 20.1 Å². The summed E-state index contributed by atoms with van der Waals surface area (Å²) < 4.78 is 48.1. The van der Waals surface area contributed by atoms with E-state index in [2.05, 4.69) is 5.32 Å². The summed E-state index contributed by atoms with van der Waals surface area (Å²) in [5, 5.41) is 3.13. The van der Waals surface area contributed by atoms with Crippen molar-refractivity contribution in [2.45, 2.75) is 31.7 Å². The maximum Gasteiger partial charge on any atom is 0.268 e. The molecule has 2 aromatic heterocycles. The molecule has 0 aliphatic carbocycles. The third kappa shape index (κ3) is 4.44. The lowest BCUT2D eigenvalue weighted by molar-refractivity contribution is -0.118. The van der Waals surface area contributed by atoms with Crippen molar-refractivity contribution >= 4 is 38.4 Å². The molecule has 4 aromatic rings. The van der Waals surface area contributed by atoms with Crippen LogP contribution in [0.3, 0.4) is 0 Å². The number of nitrogens with one attached hydrogen (secondary N) is 2. The van der Waals surface area contributed by atoms with E-state index in [4.69, 9.17) is 4.42 Å². The number of carbonyl (C=O) groups excluding carboxylic acids is 2. The Labute approximate surface area is 198 Å². The fraction of sp³-hybridized carbons (Fsp3) is 0.167. The van der Waals surface area contributed by atoms with E-state index in [1.165, 1.54) is 36.4 Å². The van der Waals surface area contributed by atoms with Gasteiger partial charge in [-0.1, -0.05) is 6.07 Å². The third-order valence-electron chi connectivity index (χ3n) is 5.45. The highest BCUT2D eigenvalue weighted by Crippen LogP contribution is 2.24. The van der Waals surface area contributed by atoms with E-state index in [0.29, 0.717) is 28.1 Å². The number of sulfonamides is 1. The molecule has 0 spiro atoms. The highest BCUT2D eigenvalue weighted by molar-refractivity contribution is 7.90. The number of aryl methyl sites for hydroxylation is 2. The molecule has 0 aliphatic rings. The quantitative estimate of drug-likeness (QED) is 0.406. The minimum Gasteiger partial charge on any atom is -0.466 e. The van der Waals surface area contributed by atoms with Crippen molar-refractivity contribution in [3.8, 4) is 0 Å². The Balaban J connectivity index is 0.00000228. The predicted molar refractivity (Wildman–Crippen MR) is 129 cm³/mol. The fourth-order valence-electron chi connectivity index (χ4n) is 3.67. The molecule has 2 aromatic carbocycles. The first-order chi connectivity index (χ1) is 16.1. The second kappa shape index (κ2) is 8.79. The molecule has 0 fully saturated rings. The van der Waals surface area contributed by atoms with Crippen LogP contribution in [-0.2, 0) is 14.8 Å². The van der Waals surface area contributed by atoms with Gasteiger partial charge < -0.3 is 14.3 Å². The number of benzene rings is 2. The Morgan fingerprint density at radius 1 is 1.09 bits per heavy atom. The number of anilines is 1. The molecule has 34 heavy (non-hydrogen) atoms. The summed E-state index contributed by atoms with van der Waals surface area (Å²) in [5.41, 5.74) is 1.09. The molecule has 4 rings (SSSR count). The van der Waals surface area contributed by atoms with Crippen LogP contribution < -0.4 is 10.0 Å². The molecule has 0 saturated heterocycles. The van der Waals surface area contributed by atoms with E-state index in [-0.39, 0.29) is 25.0 Å². The third-order valence-corrected chi connectivity index (χ3v) is 6.80. The monoisotopic (exact) mass is 487 g/mol. The first-order valence-corrected chi connectivity index (χ1v) is 11.9. The average molecular weight is 488 g/mol. The number of aromatic nitrogens is 1. The number of carbonyl (C=O) groups is 2. The number of halogens is 1. The lowest BCUT2D eigenvalue weighted by Crippen LogP contribution is -2.30. The molecule has 2 heterocycles. The summed E-state index contributed by atoms with van der Waals surface area (Å²) in [6.45, 7) is 4.90. The Morgan fingerprint density at radius 2 is 1.79 bits per heavy atom. The first-order valence-electron chi connectivity index (χ1n) is 10.4. The maximum atomic E-state index is 13.9. The van der Waals surface area contributed by atoms with Gasteiger partial charge in [-0.15, -0.1) is 0 Å². The minimum atomic E-state index is -4.13. The van der Waals surface area contributed by atoms with Gasteiger partial charge in [0.1, 0.15) is 23.4 Å².